The fraction of sp³-hybridized carbons (Fsp3) is 0.333. The van der Waals surface area contributed by atoms with Crippen molar-refractivity contribution in [1.29, 1.82) is 0 Å². The molecule has 1 fully saturated rings. The lowest BCUT2D eigenvalue weighted by Crippen LogP contribution is -2.41. The second-order valence-corrected chi connectivity index (χ2v) is 6.90. The van der Waals surface area contributed by atoms with Crippen molar-refractivity contribution in [3.8, 4) is 11.5 Å². The number of rotatable bonds is 4. The molecule has 7 nitrogen and oxygen atoms in total. The molecule has 2 N–H and O–H groups in total. The number of nitrogens with one attached hydrogen (secondary N) is 2. The van der Waals surface area contributed by atoms with Crippen molar-refractivity contribution in [3.05, 3.63) is 54.1 Å². The highest BCUT2D eigenvalue weighted by Gasteiger charge is 2.27. The number of hydrogen-bond donors (Lipinski definition) is 2. The average molecular weight is 381 g/mol. The summed E-state index contributed by atoms with van der Waals surface area (Å²) in [5, 5.41) is 5.07. The summed E-state index contributed by atoms with van der Waals surface area (Å²) in [5.41, 5.74) is 1.74. The first-order valence-corrected chi connectivity index (χ1v) is 9.48. The minimum atomic E-state index is -0.558. The molecule has 0 bridgehead atoms. The molecule has 0 saturated carbocycles. The number of amides is 3. The number of carbonyl (C=O) groups is 2. The number of nitrogens with zero attached hydrogens (tertiary/aromatic N) is 1. The second kappa shape index (κ2) is 8.31. The summed E-state index contributed by atoms with van der Waals surface area (Å²) >= 11 is 0. The maximum Gasteiger partial charge on any atom is 0.325 e. The first-order valence-electron chi connectivity index (χ1n) is 9.48. The summed E-state index contributed by atoms with van der Waals surface area (Å²) in [5.74, 6) is 0.908. The van der Waals surface area contributed by atoms with Crippen LogP contribution in [-0.2, 0) is 4.79 Å². The monoisotopic (exact) mass is 381 g/mol. The standard InChI is InChI=1S/C21H23N3O4/c25-20(14-24-10-4-7-17(24)15-5-2-1-3-6-15)23-21(26)22-16-8-9-18-19(13-16)28-12-11-27-18/h1-3,5-6,8-9,13,17H,4,7,10-12,14H2,(H2,22,23,25,26). The van der Waals surface area contributed by atoms with Gasteiger partial charge >= 0.3 is 6.03 Å². The van der Waals surface area contributed by atoms with Gasteiger partial charge in [-0.25, -0.2) is 4.79 Å². The van der Waals surface area contributed by atoms with Crippen LogP contribution in [0.1, 0.15) is 24.4 Å². The van der Waals surface area contributed by atoms with E-state index in [-0.39, 0.29) is 18.5 Å². The van der Waals surface area contributed by atoms with Crippen molar-refractivity contribution in [1.82, 2.24) is 10.2 Å². The van der Waals surface area contributed by atoms with Crippen LogP contribution >= 0.6 is 0 Å². The highest BCUT2D eigenvalue weighted by atomic mass is 16.6. The molecule has 0 aromatic heterocycles. The van der Waals surface area contributed by atoms with Gasteiger partial charge < -0.3 is 14.8 Å². The third-order valence-electron chi connectivity index (χ3n) is 4.95. The number of benzene rings is 2. The maximum atomic E-state index is 12.4. The Balaban J connectivity index is 1.31. The molecular weight excluding hydrogens is 358 g/mol. The van der Waals surface area contributed by atoms with Crippen LogP contribution in [0, 0.1) is 0 Å². The van der Waals surface area contributed by atoms with Crippen molar-refractivity contribution in [2.45, 2.75) is 18.9 Å². The number of urea groups is 1. The van der Waals surface area contributed by atoms with E-state index in [1.54, 1.807) is 18.2 Å². The van der Waals surface area contributed by atoms with Gasteiger partial charge in [-0.05, 0) is 37.1 Å². The van der Waals surface area contributed by atoms with Crippen LogP contribution in [0.3, 0.4) is 0 Å². The highest BCUT2D eigenvalue weighted by Crippen LogP contribution is 2.33. The van der Waals surface area contributed by atoms with Crippen molar-refractivity contribution >= 4 is 17.6 Å². The molecule has 0 spiro atoms. The molecule has 2 aromatic rings. The minimum absolute atomic E-state index is 0.189. The largest absolute Gasteiger partial charge is 0.486 e. The van der Waals surface area contributed by atoms with Crippen molar-refractivity contribution < 1.29 is 19.1 Å². The van der Waals surface area contributed by atoms with Crippen molar-refractivity contribution in [3.63, 3.8) is 0 Å². The van der Waals surface area contributed by atoms with Crippen LogP contribution in [0.4, 0.5) is 10.5 Å². The number of hydrogen-bond acceptors (Lipinski definition) is 5. The predicted octanol–water partition coefficient (Wildman–Crippen LogP) is 2.94. The predicted molar refractivity (Wildman–Crippen MR) is 105 cm³/mol. The molecular formula is C21H23N3O4. The average Bonchev–Trinajstić information content (AvgIpc) is 3.16. The van der Waals surface area contributed by atoms with Crippen LogP contribution < -0.4 is 20.1 Å². The molecule has 7 heteroatoms. The Hall–Kier alpha value is -3.06. The summed E-state index contributed by atoms with van der Waals surface area (Å²) < 4.78 is 11.0. The number of carbonyl (C=O) groups excluding carboxylic acids is 2. The third-order valence-corrected chi connectivity index (χ3v) is 4.95. The Morgan fingerprint density at radius 2 is 1.82 bits per heavy atom. The lowest BCUT2D eigenvalue weighted by atomic mass is 10.0. The molecule has 2 aliphatic rings. The molecule has 2 aliphatic heterocycles. The molecule has 0 aliphatic carbocycles. The van der Waals surface area contributed by atoms with Gasteiger partial charge in [-0.15, -0.1) is 0 Å². The van der Waals surface area contributed by atoms with Gasteiger partial charge in [0.2, 0.25) is 5.91 Å². The van der Waals surface area contributed by atoms with E-state index in [4.69, 9.17) is 9.47 Å². The molecule has 1 saturated heterocycles. The second-order valence-electron chi connectivity index (χ2n) is 6.90. The van der Waals surface area contributed by atoms with Crippen molar-refractivity contribution in [2.75, 3.05) is 31.6 Å². The summed E-state index contributed by atoms with van der Waals surface area (Å²) in [4.78, 5) is 26.6. The lowest BCUT2D eigenvalue weighted by Gasteiger charge is -2.24. The molecule has 28 heavy (non-hydrogen) atoms. The fourth-order valence-electron chi connectivity index (χ4n) is 3.70. The summed E-state index contributed by atoms with van der Waals surface area (Å²) in [6.07, 6.45) is 2.05. The molecule has 2 heterocycles. The third kappa shape index (κ3) is 4.26. The van der Waals surface area contributed by atoms with Gasteiger partial charge in [0.05, 0.1) is 6.54 Å². The van der Waals surface area contributed by atoms with Crippen molar-refractivity contribution in [2.24, 2.45) is 0 Å². The number of imide groups is 1. The zero-order valence-electron chi connectivity index (χ0n) is 15.5. The molecule has 2 aromatic carbocycles. The van der Waals surface area contributed by atoms with Gasteiger partial charge in [0, 0.05) is 17.8 Å². The van der Waals surface area contributed by atoms with Crippen LogP contribution in [-0.4, -0.2) is 43.1 Å². The Bertz CT molecular complexity index is 856. The number of fused-ring (bicyclic) bond motifs is 1. The van der Waals surface area contributed by atoms with E-state index in [0.717, 1.165) is 19.4 Å². The molecule has 1 unspecified atom stereocenters. The van der Waals surface area contributed by atoms with Gasteiger partial charge in [0.1, 0.15) is 13.2 Å². The van der Waals surface area contributed by atoms with E-state index in [0.29, 0.717) is 30.4 Å². The first-order chi connectivity index (χ1) is 13.7. The molecule has 4 rings (SSSR count). The molecule has 1 atom stereocenters. The Morgan fingerprint density at radius 1 is 1.04 bits per heavy atom. The van der Waals surface area contributed by atoms with Gasteiger partial charge in [0.25, 0.3) is 0 Å². The van der Waals surface area contributed by atoms with Gasteiger partial charge in [0.15, 0.2) is 11.5 Å². The van der Waals surface area contributed by atoms with Gasteiger partial charge in [-0.3, -0.25) is 15.0 Å². The molecule has 0 radical (unpaired) electrons. The quantitative estimate of drug-likeness (QED) is 0.851. The zero-order chi connectivity index (χ0) is 19.3. The van der Waals surface area contributed by atoms with E-state index in [2.05, 4.69) is 27.7 Å². The summed E-state index contributed by atoms with van der Waals surface area (Å²) in [6, 6.07) is 14.9. The van der Waals surface area contributed by atoms with Gasteiger partial charge in [-0.2, -0.15) is 0 Å². The number of likely N-dealkylation sites (tertiary alicyclic amines) is 1. The SMILES string of the molecule is O=C(CN1CCCC1c1ccccc1)NC(=O)Nc1ccc2c(c1)OCCO2. The summed E-state index contributed by atoms with van der Waals surface area (Å²) in [7, 11) is 0. The number of anilines is 1. The number of ether oxygens (including phenoxy) is 2. The lowest BCUT2D eigenvalue weighted by molar-refractivity contribution is -0.121. The van der Waals surface area contributed by atoms with Crippen LogP contribution in [0.25, 0.3) is 0 Å². The zero-order valence-corrected chi connectivity index (χ0v) is 15.5. The first kappa shape index (κ1) is 18.3. The molecule has 146 valence electrons. The van der Waals surface area contributed by atoms with E-state index in [1.165, 1.54) is 5.56 Å². The van der Waals surface area contributed by atoms with E-state index >= 15 is 0 Å². The van der Waals surface area contributed by atoms with E-state index in [1.807, 2.05) is 18.2 Å². The van der Waals surface area contributed by atoms with E-state index < -0.39 is 6.03 Å². The minimum Gasteiger partial charge on any atom is -0.486 e. The van der Waals surface area contributed by atoms with Crippen LogP contribution in [0.2, 0.25) is 0 Å². The Kier molecular flexibility index (Phi) is 5.43. The van der Waals surface area contributed by atoms with Gasteiger partial charge in [-0.1, -0.05) is 30.3 Å². The van der Waals surface area contributed by atoms with Crippen LogP contribution in [0.5, 0.6) is 11.5 Å². The normalized spacial score (nSPS) is 18.5. The summed E-state index contributed by atoms with van der Waals surface area (Å²) in [6.45, 7) is 2.01. The topological polar surface area (TPSA) is 79.9 Å². The molecule has 3 amide bonds. The smallest absolute Gasteiger partial charge is 0.325 e. The fourth-order valence-corrected chi connectivity index (χ4v) is 3.70. The Morgan fingerprint density at radius 3 is 2.64 bits per heavy atom. The van der Waals surface area contributed by atoms with E-state index in [9.17, 15) is 9.59 Å². The van der Waals surface area contributed by atoms with Crippen LogP contribution in [0.15, 0.2) is 48.5 Å². The Labute approximate surface area is 163 Å². The maximum absolute atomic E-state index is 12.4. The highest BCUT2D eigenvalue weighted by molar-refractivity contribution is 6.01.